The van der Waals surface area contributed by atoms with Crippen molar-refractivity contribution in [1.29, 1.82) is 0 Å². The Morgan fingerprint density at radius 3 is 2.50 bits per heavy atom. The van der Waals surface area contributed by atoms with Gasteiger partial charge in [-0.3, -0.25) is 10.1 Å². The molecule has 0 spiro atoms. The van der Waals surface area contributed by atoms with Crippen LogP contribution >= 0.6 is 11.6 Å². The Hall–Kier alpha value is -1.29. The van der Waals surface area contributed by atoms with Crippen molar-refractivity contribution in [3.05, 3.63) is 33.9 Å². The van der Waals surface area contributed by atoms with Crippen LogP contribution in [0.25, 0.3) is 0 Å². The fourth-order valence-corrected chi connectivity index (χ4v) is 1.54. The number of methoxy groups -OCH3 is 1. The van der Waals surface area contributed by atoms with Gasteiger partial charge in [0.1, 0.15) is 0 Å². The van der Waals surface area contributed by atoms with E-state index in [-0.39, 0.29) is 22.7 Å². The Morgan fingerprint density at radius 2 is 2.06 bits per heavy atom. The lowest BCUT2D eigenvalue weighted by Gasteiger charge is -2.14. The first-order chi connectivity index (χ1) is 7.47. The molecule has 0 N–H and O–H groups in total. The Bertz CT molecular complexity index is 393. The van der Waals surface area contributed by atoms with Gasteiger partial charge in [-0.2, -0.15) is 0 Å². The molecule has 0 fully saturated rings. The normalized spacial score (nSPS) is 14.2. The third kappa shape index (κ3) is 2.64. The standard InChI is InChI=1S/C11H14ClNO3/c1-7(8(2)12)9-4-5-10(13(14)15)11(6-9)16-3/h4-8H,1-3H3. The van der Waals surface area contributed by atoms with E-state index in [1.165, 1.54) is 13.2 Å². The van der Waals surface area contributed by atoms with E-state index in [9.17, 15) is 10.1 Å². The molecule has 0 radical (unpaired) electrons. The molecule has 0 aliphatic carbocycles. The summed E-state index contributed by atoms with van der Waals surface area (Å²) in [4.78, 5) is 10.2. The van der Waals surface area contributed by atoms with Gasteiger partial charge in [0.2, 0.25) is 0 Å². The lowest BCUT2D eigenvalue weighted by atomic mass is 9.98. The maximum atomic E-state index is 10.7. The maximum absolute atomic E-state index is 10.7. The van der Waals surface area contributed by atoms with Crippen molar-refractivity contribution in [2.75, 3.05) is 7.11 Å². The molecule has 4 nitrogen and oxygen atoms in total. The Balaban J connectivity index is 3.13. The summed E-state index contributed by atoms with van der Waals surface area (Å²) in [5.74, 6) is 0.392. The van der Waals surface area contributed by atoms with E-state index in [4.69, 9.17) is 16.3 Å². The van der Waals surface area contributed by atoms with E-state index in [0.717, 1.165) is 5.56 Å². The maximum Gasteiger partial charge on any atom is 0.310 e. The lowest BCUT2D eigenvalue weighted by Crippen LogP contribution is -2.05. The molecule has 0 aliphatic rings. The molecule has 5 heteroatoms. The van der Waals surface area contributed by atoms with E-state index in [1.807, 2.05) is 13.8 Å². The molecular formula is C11H14ClNO3. The number of alkyl halides is 1. The number of hydrogen-bond donors (Lipinski definition) is 0. The molecule has 2 atom stereocenters. The van der Waals surface area contributed by atoms with Gasteiger partial charge in [0.25, 0.3) is 0 Å². The highest BCUT2D eigenvalue weighted by atomic mass is 35.5. The van der Waals surface area contributed by atoms with Crippen LogP contribution in [0.1, 0.15) is 25.3 Å². The summed E-state index contributed by atoms with van der Waals surface area (Å²) >= 11 is 5.99. The van der Waals surface area contributed by atoms with Crippen LogP contribution in [0.5, 0.6) is 5.75 Å². The van der Waals surface area contributed by atoms with Crippen molar-refractivity contribution in [3.63, 3.8) is 0 Å². The van der Waals surface area contributed by atoms with Gasteiger partial charge in [0, 0.05) is 11.4 Å². The smallest absolute Gasteiger partial charge is 0.310 e. The van der Waals surface area contributed by atoms with Crippen molar-refractivity contribution in [2.24, 2.45) is 0 Å². The van der Waals surface area contributed by atoms with Gasteiger partial charge in [-0.25, -0.2) is 0 Å². The summed E-state index contributed by atoms with van der Waals surface area (Å²) in [6, 6.07) is 4.83. The summed E-state index contributed by atoms with van der Waals surface area (Å²) in [6.07, 6.45) is 0. The molecule has 0 heterocycles. The summed E-state index contributed by atoms with van der Waals surface area (Å²) in [5, 5.41) is 10.7. The zero-order valence-electron chi connectivity index (χ0n) is 9.44. The molecule has 88 valence electrons. The van der Waals surface area contributed by atoms with Crippen molar-refractivity contribution in [2.45, 2.75) is 25.1 Å². The number of benzene rings is 1. The van der Waals surface area contributed by atoms with Gasteiger partial charge >= 0.3 is 5.69 Å². The van der Waals surface area contributed by atoms with E-state index >= 15 is 0 Å². The summed E-state index contributed by atoms with van der Waals surface area (Å²) in [5.41, 5.74) is 0.908. The van der Waals surface area contributed by atoms with E-state index < -0.39 is 4.92 Å². The van der Waals surface area contributed by atoms with E-state index in [0.29, 0.717) is 0 Å². The third-order valence-corrected chi connectivity index (χ3v) is 2.99. The minimum atomic E-state index is -0.461. The average molecular weight is 244 g/mol. The largest absolute Gasteiger partial charge is 0.490 e. The SMILES string of the molecule is COc1cc(C(C)C(C)Cl)ccc1[N+](=O)[O-]. The fourth-order valence-electron chi connectivity index (χ4n) is 1.39. The molecule has 0 saturated carbocycles. The van der Waals surface area contributed by atoms with Crippen LogP contribution in [-0.4, -0.2) is 17.4 Å². The molecule has 0 aromatic heterocycles. The molecular weight excluding hydrogens is 230 g/mol. The van der Waals surface area contributed by atoms with Crippen molar-refractivity contribution in [1.82, 2.24) is 0 Å². The number of nitro benzene ring substituents is 1. The molecule has 1 rings (SSSR count). The lowest BCUT2D eigenvalue weighted by molar-refractivity contribution is -0.385. The zero-order chi connectivity index (χ0) is 12.3. The third-order valence-electron chi connectivity index (χ3n) is 2.62. The second kappa shape index (κ2) is 5.16. The highest BCUT2D eigenvalue weighted by Gasteiger charge is 2.18. The minimum absolute atomic E-state index is 0.0272. The quantitative estimate of drug-likeness (QED) is 0.463. The summed E-state index contributed by atoms with van der Waals surface area (Å²) < 4.78 is 4.99. The first kappa shape index (κ1) is 12.8. The highest BCUT2D eigenvalue weighted by molar-refractivity contribution is 6.20. The molecule has 16 heavy (non-hydrogen) atoms. The number of rotatable bonds is 4. The molecule has 0 aliphatic heterocycles. The summed E-state index contributed by atoms with van der Waals surface area (Å²) in [6.45, 7) is 3.86. The molecule has 0 saturated heterocycles. The first-order valence-electron chi connectivity index (χ1n) is 4.93. The van der Waals surface area contributed by atoms with E-state index in [2.05, 4.69) is 0 Å². The van der Waals surface area contributed by atoms with E-state index in [1.54, 1.807) is 12.1 Å². The zero-order valence-corrected chi connectivity index (χ0v) is 10.2. The molecule has 0 bridgehead atoms. The predicted molar refractivity (Wildman–Crippen MR) is 63.4 cm³/mol. The molecule has 2 unspecified atom stereocenters. The monoisotopic (exact) mass is 243 g/mol. The van der Waals surface area contributed by atoms with Crippen LogP contribution in [0, 0.1) is 10.1 Å². The number of hydrogen-bond acceptors (Lipinski definition) is 3. The predicted octanol–water partition coefficient (Wildman–Crippen LogP) is 3.33. The van der Waals surface area contributed by atoms with Gasteiger partial charge in [0.15, 0.2) is 5.75 Å². The van der Waals surface area contributed by atoms with Crippen molar-refractivity contribution < 1.29 is 9.66 Å². The Kier molecular flexibility index (Phi) is 4.12. The molecule has 1 aromatic carbocycles. The number of nitrogens with zero attached hydrogens (tertiary/aromatic N) is 1. The number of nitro groups is 1. The van der Waals surface area contributed by atoms with Crippen LogP contribution < -0.4 is 4.74 Å². The number of ether oxygens (including phenoxy) is 1. The minimum Gasteiger partial charge on any atom is -0.490 e. The molecule has 0 amide bonds. The topological polar surface area (TPSA) is 52.4 Å². The van der Waals surface area contributed by atoms with Gasteiger partial charge < -0.3 is 4.74 Å². The van der Waals surface area contributed by atoms with Crippen LogP contribution in [0.4, 0.5) is 5.69 Å². The van der Waals surface area contributed by atoms with Crippen molar-refractivity contribution >= 4 is 17.3 Å². The van der Waals surface area contributed by atoms with Crippen LogP contribution in [-0.2, 0) is 0 Å². The first-order valence-corrected chi connectivity index (χ1v) is 5.37. The summed E-state index contributed by atoms with van der Waals surface area (Å²) in [7, 11) is 1.42. The van der Waals surface area contributed by atoms with Gasteiger partial charge in [-0.15, -0.1) is 11.6 Å². The molecule has 1 aromatic rings. The van der Waals surface area contributed by atoms with Gasteiger partial charge in [-0.05, 0) is 24.5 Å². The van der Waals surface area contributed by atoms with Crippen molar-refractivity contribution in [3.8, 4) is 5.75 Å². The second-order valence-electron chi connectivity index (χ2n) is 3.65. The Labute approximate surface area is 99.3 Å². The Morgan fingerprint density at radius 1 is 1.44 bits per heavy atom. The van der Waals surface area contributed by atoms with Crippen LogP contribution in [0.3, 0.4) is 0 Å². The van der Waals surface area contributed by atoms with Gasteiger partial charge in [-0.1, -0.05) is 13.0 Å². The highest BCUT2D eigenvalue weighted by Crippen LogP contribution is 2.32. The second-order valence-corrected chi connectivity index (χ2v) is 4.34. The number of halogens is 1. The van der Waals surface area contributed by atoms with Crippen LogP contribution in [0.2, 0.25) is 0 Å². The fraction of sp³-hybridized carbons (Fsp3) is 0.455. The van der Waals surface area contributed by atoms with Crippen LogP contribution in [0.15, 0.2) is 18.2 Å². The average Bonchev–Trinajstić information content (AvgIpc) is 2.26. The van der Waals surface area contributed by atoms with Gasteiger partial charge in [0.05, 0.1) is 12.0 Å².